The van der Waals surface area contributed by atoms with Crippen LogP contribution in [0.5, 0.6) is 5.75 Å². The van der Waals surface area contributed by atoms with Gasteiger partial charge in [0, 0.05) is 12.6 Å². The van der Waals surface area contributed by atoms with Gasteiger partial charge in [-0.05, 0) is 50.3 Å². The van der Waals surface area contributed by atoms with Crippen LogP contribution in [0.1, 0.15) is 45.1 Å². The Kier molecular flexibility index (Phi) is 5.06. The fraction of sp³-hybridized carbons (Fsp3) is 0.625. The monoisotopic (exact) mass is 247 g/mol. The van der Waals surface area contributed by atoms with Gasteiger partial charge in [0.1, 0.15) is 11.9 Å². The van der Waals surface area contributed by atoms with Crippen LogP contribution < -0.4 is 10.1 Å². The van der Waals surface area contributed by atoms with Crippen molar-refractivity contribution in [1.82, 2.24) is 5.32 Å². The minimum absolute atomic E-state index is 0.243. The van der Waals surface area contributed by atoms with Crippen LogP contribution in [-0.2, 0) is 6.42 Å². The lowest BCUT2D eigenvalue weighted by Crippen LogP contribution is -2.30. The number of hydrogen-bond donors (Lipinski definition) is 1. The van der Waals surface area contributed by atoms with Gasteiger partial charge in [-0.25, -0.2) is 0 Å². The molecule has 0 heterocycles. The van der Waals surface area contributed by atoms with Crippen molar-refractivity contribution in [2.24, 2.45) is 0 Å². The first-order valence-corrected chi connectivity index (χ1v) is 7.27. The molecule has 1 unspecified atom stereocenters. The standard InChI is InChI=1S/C16H25NO/c1-3-4-5-14-6-10-16(11-7-14)18-13(2)12-17-15-8-9-15/h6-7,10-11,13,15,17H,3-5,8-9,12H2,1-2H3. The van der Waals surface area contributed by atoms with Crippen molar-refractivity contribution in [2.45, 2.75) is 58.1 Å². The third kappa shape index (κ3) is 4.69. The zero-order valence-corrected chi connectivity index (χ0v) is 11.6. The van der Waals surface area contributed by atoms with Gasteiger partial charge in [0.05, 0.1) is 0 Å². The average molecular weight is 247 g/mol. The molecule has 0 amide bonds. The van der Waals surface area contributed by atoms with Crippen molar-refractivity contribution in [1.29, 1.82) is 0 Å². The number of rotatable bonds is 8. The maximum atomic E-state index is 5.89. The van der Waals surface area contributed by atoms with Gasteiger partial charge < -0.3 is 10.1 Å². The first kappa shape index (κ1) is 13.4. The van der Waals surface area contributed by atoms with Gasteiger partial charge in [0.25, 0.3) is 0 Å². The lowest BCUT2D eigenvalue weighted by Gasteiger charge is -2.15. The summed E-state index contributed by atoms with van der Waals surface area (Å²) in [5, 5.41) is 3.49. The molecule has 1 aliphatic rings. The van der Waals surface area contributed by atoms with E-state index < -0.39 is 0 Å². The molecular formula is C16H25NO. The molecule has 1 aromatic rings. The molecule has 1 N–H and O–H groups in total. The highest BCUT2D eigenvalue weighted by molar-refractivity contribution is 5.27. The summed E-state index contributed by atoms with van der Waals surface area (Å²) in [7, 11) is 0. The largest absolute Gasteiger partial charge is 0.489 e. The molecule has 1 aliphatic carbocycles. The molecule has 0 bridgehead atoms. The highest BCUT2D eigenvalue weighted by Gasteiger charge is 2.21. The molecule has 1 fully saturated rings. The highest BCUT2D eigenvalue weighted by atomic mass is 16.5. The normalized spacial score (nSPS) is 16.6. The van der Waals surface area contributed by atoms with E-state index in [1.54, 1.807) is 0 Å². The Balaban J connectivity index is 1.73. The summed E-state index contributed by atoms with van der Waals surface area (Å²) in [6.07, 6.45) is 6.60. The zero-order valence-electron chi connectivity index (χ0n) is 11.6. The van der Waals surface area contributed by atoms with E-state index in [1.807, 2.05) is 0 Å². The number of aryl methyl sites for hydroxylation is 1. The van der Waals surface area contributed by atoms with Gasteiger partial charge in [-0.1, -0.05) is 25.5 Å². The first-order chi connectivity index (χ1) is 8.78. The minimum Gasteiger partial charge on any atom is -0.489 e. The van der Waals surface area contributed by atoms with Crippen molar-refractivity contribution in [3.05, 3.63) is 29.8 Å². The van der Waals surface area contributed by atoms with Gasteiger partial charge in [-0.3, -0.25) is 0 Å². The molecule has 1 atom stereocenters. The van der Waals surface area contributed by atoms with Gasteiger partial charge >= 0.3 is 0 Å². The van der Waals surface area contributed by atoms with Gasteiger partial charge in [-0.2, -0.15) is 0 Å². The maximum absolute atomic E-state index is 5.89. The lowest BCUT2D eigenvalue weighted by molar-refractivity contribution is 0.216. The van der Waals surface area contributed by atoms with Crippen LogP contribution in [0.4, 0.5) is 0 Å². The number of hydrogen-bond acceptors (Lipinski definition) is 2. The van der Waals surface area contributed by atoms with Crippen LogP contribution >= 0.6 is 0 Å². The van der Waals surface area contributed by atoms with E-state index in [1.165, 1.54) is 37.7 Å². The van der Waals surface area contributed by atoms with Crippen molar-refractivity contribution >= 4 is 0 Å². The van der Waals surface area contributed by atoms with E-state index in [4.69, 9.17) is 4.74 Å². The van der Waals surface area contributed by atoms with Crippen LogP contribution in [0.2, 0.25) is 0 Å². The second-order valence-electron chi connectivity index (χ2n) is 5.36. The molecule has 1 saturated carbocycles. The Morgan fingerprint density at radius 3 is 2.61 bits per heavy atom. The van der Waals surface area contributed by atoms with E-state index in [9.17, 15) is 0 Å². The predicted molar refractivity (Wildman–Crippen MR) is 76.2 cm³/mol. The van der Waals surface area contributed by atoms with Crippen LogP contribution in [0, 0.1) is 0 Å². The minimum atomic E-state index is 0.243. The molecule has 100 valence electrons. The second-order valence-corrected chi connectivity index (χ2v) is 5.36. The average Bonchev–Trinajstić information content (AvgIpc) is 3.20. The summed E-state index contributed by atoms with van der Waals surface area (Å²) in [6.45, 7) is 5.30. The Morgan fingerprint density at radius 1 is 1.28 bits per heavy atom. The predicted octanol–water partition coefficient (Wildman–Crippen LogP) is 3.55. The maximum Gasteiger partial charge on any atom is 0.119 e. The van der Waals surface area contributed by atoms with Crippen LogP contribution in [0.15, 0.2) is 24.3 Å². The summed E-state index contributed by atoms with van der Waals surface area (Å²) in [6, 6.07) is 9.32. The molecule has 2 nitrogen and oxygen atoms in total. The summed E-state index contributed by atoms with van der Waals surface area (Å²) in [5.41, 5.74) is 1.41. The third-order valence-corrected chi connectivity index (χ3v) is 3.35. The molecule has 2 rings (SSSR count). The molecule has 0 aliphatic heterocycles. The third-order valence-electron chi connectivity index (χ3n) is 3.35. The van der Waals surface area contributed by atoms with E-state index in [-0.39, 0.29) is 6.10 Å². The van der Waals surface area contributed by atoms with Crippen LogP contribution in [0.3, 0.4) is 0 Å². The summed E-state index contributed by atoms with van der Waals surface area (Å²) in [4.78, 5) is 0. The van der Waals surface area contributed by atoms with E-state index in [0.717, 1.165) is 18.3 Å². The summed E-state index contributed by atoms with van der Waals surface area (Å²) in [5.74, 6) is 0.986. The van der Waals surface area contributed by atoms with Crippen molar-refractivity contribution in [3.8, 4) is 5.75 Å². The van der Waals surface area contributed by atoms with Crippen molar-refractivity contribution in [2.75, 3.05) is 6.54 Å². The first-order valence-electron chi connectivity index (χ1n) is 7.27. The Hall–Kier alpha value is -1.02. The molecular weight excluding hydrogens is 222 g/mol. The van der Waals surface area contributed by atoms with Crippen LogP contribution in [-0.4, -0.2) is 18.7 Å². The Morgan fingerprint density at radius 2 is 2.00 bits per heavy atom. The SMILES string of the molecule is CCCCc1ccc(OC(C)CNC2CC2)cc1. The second kappa shape index (κ2) is 6.79. The quantitative estimate of drug-likeness (QED) is 0.758. The van der Waals surface area contributed by atoms with Gasteiger partial charge in [-0.15, -0.1) is 0 Å². The number of ether oxygens (including phenoxy) is 1. The molecule has 1 aromatic carbocycles. The molecule has 0 aromatic heterocycles. The number of unbranched alkanes of at least 4 members (excludes halogenated alkanes) is 1. The fourth-order valence-corrected chi connectivity index (χ4v) is 2.01. The van der Waals surface area contributed by atoms with Gasteiger partial charge in [0.15, 0.2) is 0 Å². The molecule has 18 heavy (non-hydrogen) atoms. The van der Waals surface area contributed by atoms with Crippen LogP contribution in [0.25, 0.3) is 0 Å². The highest BCUT2D eigenvalue weighted by Crippen LogP contribution is 2.19. The fourth-order valence-electron chi connectivity index (χ4n) is 2.01. The number of benzene rings is 1. The number of nitrogens with one attached hydrogen (secondary N) is 1. The lowest BCUT2D eigenvalue weighted by atomic mass is 10.1. The van der Waals surface area contributed by atoms with E-state index in [0.29, 0.717) is 0 Å². The van der Waals surface area contributed by atoms with E-state index >= 15 is 0 Å². The summed E-state index contributed by atoms with van der Waals surface area (Å²) < 4.78 is 5.89. The summed E-state index contributed by atoms with van der Waals surface area (Å²) >= 11 is 0. The molecule has 0 spiro atoms. The Bertz CT molecular complexity index is 343. The molecule has 2 heteroatoms. The van der Waals surface area contributed by atoms with Gasteiger partial charge in [0.2, 0.25) is 0 Å². The molecule has 0 radical (unpaired) electrons. The molecule has 0 saturated heterocycles. The van der Waals surface area contributed by atoms with Crippen molar-refractivity contribution in [3.63, 3.8) is 0 Å². The smallest absolute Gasteiger partial charge is 0.119 e. The van der Waals surface area contributed by atoms with Crippen molar-refractivity contribution < 1.29 is 4.74 Å². The zero-order chi connectivity index (χ0) is 12.8. The van der Waals surface area contributed by atoms with E-state index in [2.05, 4.69) is 43.4 Å². The Labute approximate surface area is 111 Å². The topological polar surface area (TPSA) is 21.3 Å².